The molecule has 0 saturated carbocycles. The lowest BCUT2D eigenvalue weighted by atomic mass is 9.76. The highest BCUT2D eigenvalue weighted by molar-refractivity contribution is 8.01. The van der Waals surface area contributed by atoms with E-state index in [1.54, 1.807) is 16.7 Å². The molecule has 2 fully saturated rings. The Balaban J connectivity index is 1.49. The molecule has 2 aliphatic heterocycles. The molecule has 5 rings (SSSR count). The van der Waals surface area contributed by atoms with Gasteiger partial charge in [-0.1, -0.05) is 91.0 Å². The molecular weight excluding hydrogens is 510 g/mol. The monoisotopic (exact) mass is 543 g/mol. The molecule has 0 aromatic heterocycles. The van der Waals surface area contributed by atoms with Crippen LogP contribution in [0.5, 0.6) is 0 Å². The topological polar surface area (TPSA) is 87.7 Å². The SMILES string of the molecule is COC(=O)CCNC(=O)C1N2C(=O)C(NC(c3ccccc3)(c3ccccc3)c3ccccc3)C2SC1(C)C. The second kappa shape index (κ2) is 10.9. The second-order valence-electron chi connectivity index (χ2n) is 10.3. The predicted octanol–water partition coefficient (Wildman–Crippen LogP) is 3.68. The Hall–Kier alpha value is -3.62. The highest BCUT2D eigenvalue weighted by atomic mass is 32.2. The van der Waals surface area contributed by atoms with E-state index >= 15 is 0 Å². The van der Waals surface area contributed by atoms with E-state index < -0.39 is 28.3 Å². The smallest absolute Gasteiger partial charge is 0.307 e. The molecule has 0 spiro atoms. The molecule has 8 heteroatoms. The third kappa shape index (κ3) is 4.83. The van der Waals surface area contributed by atoms with Crippen LogP contribution in [-0.2, 0) is 24.7 Å². The Morgan fingerprint density at radius 1 is 0.897 bits per heavy atom. The summed E-state index contributed by atoms with van der Waals surface area (Å²) in [6.07, 6.45) is 0.0812. The van der Waals surface area contributed by atoms with E-state index in [1.165, 1.54) is 7.11 Å². The van der Waals surface area contributed by atoms with Crippen molar-refractivity contribution in [2.75, 3.05) is 13.7 Å². The van der Waals surface area contributed by atoms with Crippen LogP contribution in [0, 0.1) is 0 Å². The van der Waals surface area contributed by atoms with Crippen LogP contribution in [0.4, 0.5) is 0 Å². The van der Waals surface area contributed by atoms with Crippen molar-refractivity contribution in [1.29, 1.82) is 0 Å². The largest absolute Gasteiger partial charge is 0.469 e. The van der Waals surface area contributed by atoms with Gasteiger partial charge in [0.1, 0.15) is 17.5 Å². The van der Waals surface area contributed by atoms with Crippen molar-refractivity contribution in [3.8, 4) is 0 Å². The lowest BCUT2D eigenvalue weighted by Gasteiger charge is -2.49. The Morgan fingerprint density at radius 3 is 1.85 bits per heavy atom. The van der Waals surface area contributed by atoms with Crippen molar-refractivity contribution in [2.45, 2.75) is 48.0 Å². The zero-order chi connectivity index (χ0) is 27.6. The van der Waals surface area contributed by atoms with Crippen LogP contribution in [-0.4, -0.2) is 58.5 Å². The number of esters is 1. The fourth-order valence-corrected chi connectivity index (χ4v) is 7.34. The molecule has 3 aromatic rings. The standard InChI is InChI=1S/C31H33N3O4S/c1-30(2)26(27(36)32-20-19-24(35)38-3)34-28(37)25(29(34)39-30)33-31(21-13-7-4-8-14-21,22-15-9-5-10-16-22)23-17-11-6-12-18-23/h4-18,25-26,29,33H,19-20H2,1-3H3,(H,32,36). The van der Waals surface area contributed by atoms with Crippen LogP contribution in [0.1, 0.15) is 37.0 Å². The number of thioether (sulfide) groups is 1. The van der Waals surface area contributed by atoms with Gasteiger partial charge in [0, 0.05) is 11.3 Å². The van der Waals surface area contributed by atoms with Gasteiger partial charge in [0.05, 0.1) is 19.1 Å². The van der Waals surface area contributed by atoms with Gasteiger partial charge in [-0.15, -0.1) is 11.8 Å². The van der Waals surface area contributed by atoms with Crippen LogP contribution < -0.4 is 10.6 Å². The number of amides is 2. The fourth-order valence-electron chi connectivity index (χ4n) is 5.71. The Labute approximate surface area is 233 Å². The maximum atomic E-state index is 13.8. The number of nitrogens with zero attached hydrogens (tertiary/aromatic N) is 1. The fraction of sp³-hybridized carbons (Fsp3) is 0.323. The second-order valence-corrected chi connectivity index (χ2v) is 12.1. The van der Waals surface area contributed by atoms with Gasteiger partial charge in [0.15, 0.2) is 0 Å². The summed E-state index contributed by atoms with van der Waals surface area (Å²) in [5.41, 5.74) is 2.27. The Kier molecular flexibility index (Phi) is 7.51. The third-order valence-electron chi connectivity index (χ3n) is 7.54. The van der Waals surface area contributed by atoms with Crippen LogP contribution in [0.15, 0.2) is 91.0 Å². The summed E-state index contributed by atoms with van der Waals surface area (Å²) in [6, 6.07) is 29.3. The highest BCUT2D eigenvalue weighted by Crippen LogP contribution is 2.52. The first-order chi connectivity index (χ1) is 18.8. The van der Waals surface area contributed by atoms with Gasteiger partial charge in [-0.2, -0.15) is 0 Å². The molecule has 0 radical (unpaired) electrons. The third-order valence-corrected chi connectivity index (χ3v) is 9.11. The quantitative estimate of drug-likeness (QED) is 0.243. The van der Waals surface area contributed by atoms with Crippen LogP contribution in [0.2, 0.25) is 0 Å². The molecule has 39 heavy (non-hydrogen) atoms. The van der Waals surface area contributed by atoms with Gasteiger partial charge < -0.3 is 15.0 Å². The molecule has 2 aliphatic rings. The summed E-state index contributed by atoms with van der Waals surface area (Å²) in [7, 11) is 1.32. The van der Waals surface area contributed by atoms with Crippen molar-refractivity contribution in [2.24, 2.45) is 0 Å². The number of β-lactam (4-membered cyclic amide) rings is 1. The molecule has 202 valence electrons. The Morgan fingerprint density at radius 2 is 1.38 bits per heavy atom. The molecular formula is C31H33N3O4S. The number of rotatable bonds is 9. The number of fused-ring (bicyclic) bond motifs is 1. The van der Waals surface area contributed by atoms with E-state index in [4.69, 9.17) is 0 Å². The van der Waals surface area contributed by atoms with Crippen molar-refractivity contribution in [3.63, 3.8) is 0 Å². The van der Waals surface area contributed by atoms with Crippen LogP contribution in [0.3, 0.4) is 0 Å². The van der Waals surface area contributed by atoms with Crippen molar-refractivity contribution >= 4 is 29.5 Å². The van der Waals surface area contributed by atoms with Gasteiger partial charge in [0.2, 0.25) is 11.8 Å². The van der Waals surface area contributed by atoms with Crippen molar-refractivity contribution < 1.29 is 19.1 Å². The highest BCUT2D eigenvalue weighted by Gasteiger charge is 2.64. The Bertz CT molecular complexity index is 1240. The molecule has 2 heterocycles. The summed E-state index contributed by atoms with van der Waals surface area (Å²) in [4.78, 5) is 40.3. The first-order valence-electron chi connectivity index (χ1n) is 13.1. The van der Waals surface area contributed by atoms with Gasteiger partial charge in [-0.3, -0.25) is 19.7 Å². The van der Waals surface area contributed by atoms with Gasteiger partial charge in [0.25, 0.3) is 0 Å². The van der Waals surface area contributed by atoms with E-state index in [9.17, 15) is 14.4 Å². The minimum absolute atomic E-state index is 0.0812. The summed E-state index contributed by atoms with van der Waals surface area (Å²) in [5.74, 6) is -0.763. The molecule has 2 N–H and O–H groups in total. The molecule has 3 unspecified atom stereocenters. The van der Waals surface area contributed by atoms with E-state index in [0.29, 0.717) is 0 Å². The van der Waals surface area contributed by atoms with E-state index in [-0.39, 0.29) is 30.2 Å². The number of carbonyl (C=O) groups is 3. The number of carbonyl (C=O) groups excluding carboxylic acids is 3. The van der Waals surface area contributed by atoms with E-state index in [2.05, 4.69) is 51.8 Å². The van der Waals surface area contributed by atoms with Crippen molar-refractivity contribution in [3.05, 3.63) is 108 Å². The molecule has 3 aromatic carbocycles. The summed E-state index contributed by atoms with van der Waals surface area (Å²) < 4.78 is 4.15. The average molecular weight is 544 g/mol. The molecule has 3 atom stereocenters. The first-order valence-corrected chi connectivity index (χ1v) is 14.0. The number of nitrogens with one attached hydrogen (secondary N) is 2. The number of benzene rings is 3. The number of methoxy groups -OCH3 is 1. The lowest BCUT2D eigenvalue weighted by molar-refractivity contribution is -0.154. The number of ether oxygens (including phenoxy) is 1. The summed E-state index contributed by atoms with van der Waals surface area (Å²) >= 11 is 1.63. The normalized spacial score (nSPS) is 21.6. The van der Waals surface area contributed by atoms with E-state index in [0.717, 1.165) is 16.7 Å². The van der Waals surface area contributed by atoms with Crippen molar-refractivity contribution in [1.82, 2.24) is 15.5 Å². The maximum Gasteiger partial charge on any atom is 0.307 e. The maximum absolute atomic E-state index is 13.8. The average Bonchev–Trinajstić information content (AvgIpc) is 3.22. The van der Waals surface area contributed by atoms with Gasteiger partial charge >= 0.3 is 5.97 Å². The molecule has 2 saturated heterocycles. The van der Waals surface area contributed by atoms with Gasteiger partial charge in [-0.05, 0) is 30.5 Å². The molecule has 0 aliphatic carbocycles. The number of hydrogen-bond donors (Lipinski definition) is 2. The van der Waals surface area contributed by atoms with Crippen LogP contribution in [0.25, 0.3) is 0 Å². The molecule has 7 nitrogen and oxygen atoms in total. The van der Waals surface area contributed by atoms with E-state index in [1.807, 2.05) is 68.4 Å². The minimum atomic E-state index is -0.790. The summed E-state index contributed by atoms with van der Waals surface area (Å²) in [5, 5.41) is 6.40. The first kappa shape index (κ1) is 27.0. The summed E-state index contributed by atoms with van der Waals surface area (Å²) in [6.45, 7) is 4.14. The van der Waals surface area contributed by atoms with Crippen LogP contribution >= 0.6 is 11.8 Å². The molecule has 2 amide bonds. The lowest BCUT2D eigenvalue weighted by Crippen LogP contribution is -2.73. The molecule has 0 bridgehead atoms. The zero-order valence-corrected chi connectivity index (χ0v) is 23.1. The van der Waals surface area contributed by atoms with Gasteiger partial charge in [-0.25, -0.2) is 0 Å². The number of hydrogen-bond acceptors (Lipinski definition) is 6. The zero-order valence-electron chi connectivity index (χ0n) is 22.3. The minimum Gasteiger partial charge on any atom is -0.469 e. The predicted molar refractivity (Wildman–Crippen MR) is 152 cm³/mol.